The number of hydrogen-bond donors (Lipinski definition) is 0. The van der Waals surface area contributed by atoms with E-state index in [9.17, 15) is 13.2 Å². The molecule has 0 aliphatic rings. The molecule has 0 heterocycles. The molecule has 6 heteroatoms. The predicted molar refractivity (Wildman–Crippen MR) is 56.9 cm³/mol. The molecule has 0 amide bonds. The van der Waals surface area contributed by atoms with Crippen LogP contribution in [0.2, 0.25) is 0 Å². The minimum atomic E-state index is -4.68. The molecule has 1 aromatic rings. The number of rotatable bonds is 4. The van der Waals surface area contributed by atoms with Crippen LogP contribution < -0.4 is 9.47 Å². The van der Waals surface area contributed by atoms with Gasteiger partial charge in [-0.3, -0.25) is 0 Å². The Bertz CT molecular complexity index is 352. The van der Waals surface area contributed by atoms with Gasteiger partial charge in [0.15, 0.2) is 0 Å². The van der Waals surface area contributed by atoms with Crippen LogP contribution in [0.5, 0.6) is 11.5 Å². The summed E-state index contributed by atoms with van der Waals surface area (Å²) in [4.78, 5) is 0. The van der Waals surface area contributed by atoms with Gasteiger partial charge in [-0.05, 0) is 25.1 Å². The molecule has 0 aliphatic carbocycles. The lowest BCUT2D eigenvalue weighted by atomic mass is 10.2. The average molecular weight is 299 g/mol. The summed E-state index contributed by atoms with van der Waals surface area (Å²) >= 11 is 3.10. The molecule has 90 valence electrons. The van der Waals surface area contributed by atoms with Crippen molar-refractivity contribution in [3.8, 4) is 11.5 Å². The molecule has 0 aromatic heterocycles. The first kappa shape index (κ1) is 13.2. The van der Waals surface area contributed by atoms with Gasteiger partial charge in [0.2, 0.25) is 0 Å². The van der Waals surface area contributed by atoms with Gasteiger partial charge in [-0.15, -0.1) is 13.2 Å². The molecule has 0 spiro atoms. The third-order valence-corrected chi connectivity index (χ3v) is 2.32. The highest BCUT2D eigenvalue weighted by atomic mass is 79.9. The van der Waals surface area contributed by atoms with Crippen LogP contribution in [0, 0.1) is 0 Å². The van der Waals surface area contributed by atoms with E-state index in [0.29, 0.717) is 17.9 Å². The van der Waals surface area contributed by atoms with E-state index in [-0.39, 0.29) is 11.1 Å². The Morgan fingerprint density at radius 3 is 2.50 bits per heavy atom. The third-order valence-electron chi connectivity index (χ3n) is 1.71. The zero-order valence-electron chi connectivity index (χ0n) is 8.47. The summed E-state index contributed by atoms with van der Waals surface area (Å²) in [5.41, 5.74) is 0.392. The summed E-state index contributed by atoms with van der Waals surface area (Å²) in [5.74, 6) is 0.305. The van der Waals surface area contributed by atoms with E-state index in [2.05, 4.69) is 20.7 Å². The van der Waals surface area contributed by atoms with E-state index in [1.165, 1.54) is 18.2 Å². The van der Waals surface area contributed by atoms with Crippen LogP contribution in [0.3, 0.4) is 0 Å². The molecule has 0 aliphatic heterocycles. The largest absolute Gasteiger partial charge is 0.573 e. The number of hydrogen-bond acceptors (Lipinski definition) is 2. The van der Waals surface area contributed by atoms with E-state index in [1.54, 1.807) is 6.92 Å². The maximum absolute atomic E-state index is 12.0. The average Bonchev–Trinajstić information content (AvgIpc) is 2.18. The van der Waals surface area contributed by atoms with Gasteiger partial charge in [0, 0.05) is 10.9 Å². The lowest BCUT2D eigenvalue weighted by molar-refractivity contribution is -0.274. The fourth-order valence-electron chi connectivity index (χ4n) is 1.14. The van der Waals surface area contributed by atoms with Crippen molar-refractivity contribution >= 4 is 15.9 Å². The maximum atomic E-state index is 12.0. The van der Waals surface area contributed by atoms with Gasteiger partial charge in [-0.1, -0.05) is 15.9 Å². The molecule has 0 saturated carbocycles. The molecule has 0 saturated heterocycles. The normalized spacial score (nSPS) is 11.3. The standard InChI is InChI=1S/C10H10BrF3O2/c1-2-15-8-3-4-9(7(5-8)6-11)16-10(12,13)14/h3-5H,2,6H2,1H3. The van der Waals surface area contributed by atoms with Crippen LogP contribution in [0.4, 0.5) is 13.2 Å². The van der Waals surface area contributed by atoms with Gasteiger partial charge in [-0.2, -0.15) is 0 Å². The van der Waals surface area contributed by atoms with Crippen molar-refractivity contribution in [2.45, 2.75) is 18.6 Å². The summed E-state index contributed by atoms with van der Waals surface area (Å²) in [5, 5.41) is 0.263. The first-order valence-electron chi connectivity index (χ1n) is 4.53. The van der Waals surface area contributed by atoms with E-state index in [4.69, 9.17) is 4.74 Å². The minimum absolute atomic E-state index is 0.215. The lowest BCUT2D eigenvalue weighted by Crippen LogP contribution is -2.18. The van der Waals surface area contributed by atoms with Gasteiger partial charge in [-0.25, -0.2) is 0 Å². The van der Waals surface area contributed by atoms with E-state index >= 15 is 0 Å². The Kier molecular flexibility index (Phi) is 4.46. The molecule has 0 atom stereocenters. The molecule has 0 bridgehead atoms. The monoisotopic (exact) mass is 298 g/mol. The number of benzene rings is 1. The van der Waals surface area contributed by atoms with Crippen LogP contribution in [0.1, 0.15) is 12.5 Å². The summed E-state index contributed by atoms with van der Waals surface area (Å²) in [7, 11) is 0. The molecule has 0 fully saturated rings. The smallest absolute Gasteiger partial charge is 0.494 e. The van der Waals surface area contributed by atoms with Crippen molar-refractivity contribution in [3.05, 3.63) is 23.8 Å². The molecule has 0 unspecified atom stereocenters. The second-order valence-electron chi connectivity index (χ2n) is 2.88. The van der Waals surface area contributed by atoms with Gasteiger partial charge in [0.1, 0.15) is 11.5 Å². The lowest BCUT2D eigenvalue weighted by Gasteiger charge is -2.13. The topological polar surface area (TPSA) is 18.5 Å². The number of halogens is 4. The third kappa shape index (κ3) is 3.92. The molecule has 0 radical (unpaired) electrons. The summed E-state index contributed by atoms with van der Waals surface area (Å²) in [6.07, 6.45) is -4.68. The Balaban J connectivity index is 2.93. The van der Waals surface area contributed by atoms with Crippen molar-refractivity contribution < 1.29 is 22.6 Å². The molecule has 2 nitrogen and oxygen atoms in total. The SMILES string of the molecule is CCOc1ccc(OC(F)(F)F)c(CBr)c1. The molecule has 1 aromatic carbocycles. The Hall–Kier alpha value is -0.910. The molecule has 1 rings (SSSR count). The van der Waals surface area contributed by atoms with E-state index in [1.807, 2.05) is 0 Å². The molecule has 16 heavy (non-hydrogen) atoms. The summed E-state index contributed by atoms with van der Waals surface area (Å²) in [6.45, 7) is 2.26. The fraction of sp³-hybridized carbons (Fsp3) is 0.400. The van der Waals surface area contributed by atoms with Crippen molar-refractivity contribution in [2.75, 3.05) is 6.61 Å². The molecule has 0 N–H and O–H groups in total. The van der Waals surface area contributed by atoms with Crippen molar-refractivity contribution in [2.24, 2.45) is 0 Å². The first-order chi connectivity index (χ1) is 7.46. The number of ether oxygens (including phenoxy) is 2. The molecular weight excluding hydrogens is 289 g/mol. The van der Waals surface area contributed by atoms with Crippen LogP contribution in [0.15, 0.2) is 18.2 Å². The van der Waals surface area contributed by atoms with Gasteiger partial charge in [0.05, 0.1) is 6.61 Å². The highest BCUT2D eigenvalue weighted by Gasteiger charge is 2.32. The van der Waals surface area contributed by atoms with Gasteiger partial charge < -0.3 is 9.47 Å². The summed E-state index contributed by atoms with van der Waals surface area (Å²) < 4.78 is 45.2. The van der Waals surface area contributed by atoms with Crippen molar-refractivity contribution in [1.82, 2.24) is 0 Å². The second kappa shape index (κ2) is 5.43. The quantitative estimate of drug-likeness (QED) is 0.786. The zero-order chi connectivity index (χ0) is 12.2. The Morgan fingerprint density at radius 1 is 1.31 bits per heavy atom. The Labute approximate surface area is 99.5 Å². The minimum Gasteiger partial charge on any atom is -0.494 e. The van der Waals surface area contributed by atoms with Crippen molar-refractivity contribution in [1.29, 1.82) is 0 Å². The summed E-state index contributed by atoms with van der Waals surface area (Å²) in [6, 6.07) is 4.20. The van der Waals surface area contributed by atoms with Crippen LogP contribution in [-0.4, -0.2) is 13.0 Å². The van der Waals surface area contributed by atoms with Crippen molar-refractivity contribution in [3.63, 3.8) is 0 Å². The highest BCUT2D eigenvalue weighted by Crippen LogP contribution is 2.30. The van der Waals surface area contributed by atoms with Gasteiger partial charge in [0.25, 0.3) is 0 Å². The highest BCUT2D eigenvalue weighted by molar-refractivity contribution is 9.08. The van der Waals surface area contributed by atoms with Crippen LogP contribution >= 0.6 is 15.9 Å². The Morgan fingerprint density at radius 2 is 2.00 bits per heavy atom. The predicted octanol–water partition coefficient (Wildman–Crippen LogP) is 3.88. The fourth-order valence-corrected chi connectivity index (χ4v) is 1.58. The second-order valence-corrected chi connectivity index (χ2v) is 3.44. The van der Waals surface area contributed by atoms with Crippen LogP contribution in [0.25, 0.3) is 0 Å². The van der Waals surface area contributed by atoms with E-state index < -0.39 is 6.36 Å². The van der Waals surface area contributed by atoms with E-state index in [0.717, 1.165) is 0 Å². The number of alkyl halides is 4. The zero-order valence-corrected chi connectivity index (χ0v) is 10.1. The maximum Gasteiger partial charge on any atom is 0.573 e. The van der Waals surface area contributed by atoms with Gasteiger partial charge >= 0.3 is 6.36 Å². The van der Waals surface area contributed by atoms with Crippen LogP contribution in [-0.2, 0) is 5.33 Å². The first-order valence-corrected chi connectivity index (χ1v) is 5.66. The molecular formula is C10H10BrF3O2.